The highest BCUT2D eigenvalue weighted by molar-refractivity contribution is 7.93. The van der Waals surface area contributed by atoms with Gasteiger partial charge in [-0.3, -0.25) is 13.8 Å². The lowest BCUT2D eigenvalue weighted by Gasteiger charge is -2.17. The number of amides is 1. The molecule has 34 heavy (non-hydrogen) atoms. The third-order valence-corrected chi connectivity index (χ3v) is 8.13. The van der Waals surface area contributed by atoms with Gasteiger partial charge in [0, 0.05) is 18.3 Å². The molecule has 0 aliphatic heterocycles. The molecule has 0 radical (unpaired) electrons. The standard InChI is InChI=1S/C23H24ClN3O5S2/c1-15-8-11-21(16(2)12-15)26-34(31,32)22-13-17(9-10-20(22)24)23(28)25-18-6-5-7-19(14-18)27(3)33(4,29)30/h5-14,26H,1-4H3,(H,25,28). The van der Waals surface area contributed by atoms with Gasteiger partial charge in [0.1, 0.15) is 4.90 Å². The third kappa shape index (κ3) is 5.88. The number of benzene rings is 3. The van der Waals surface area contributed by atoms with Crippen LogP contribution in [0.5, 0.6) is 0 Å². The van der Waals surface area contributed by atoms with Crippen molar-refractivity contribution in [2.45, 2.75) is 18.7 Å². The van der Waals surface area contributed by atoms with Crippen molar-refractivity contribution in [3.05, 3.63) is 82.4 Å². The van der Waals surface area contributed by atoms with Crippen molar-refractivity contribution in [1.82, 2.24) is 0 Å². The largest absolute Gasteiger partial charge is 0.322 e. The lowest BCUT2D eigenvalue weighted by atomic mass is 10.1. The summed E-state index contributed by atoms with van der Waals surface area (Å²) in [6, 6.07) is 15.5. The highest BCUT2D eigenvalue weighted by Crippen LogP contribution is 2.27. The molecule has 11 heteroatoms. The molecule has 0 saturated carbocycles. The van der Waals surface area contributed by atoms with Gasteiger partial charge in [-0.1, -0.05) is 35.4 Å². The maximum absolute atomic E-state index is 13.0. The fourth-order valence-electron chi connectivity index (χ4n) is 3.15. The van der Waals surface area contributed by atoms with Gasteiger partial charge in [0.2, 0.25) is 10.0 Å². The molecule has 180 valence electrons. The Balaban J connectivity index is 1.88. The highest BCUT2D eigenvalue weighted by atomic mass is 35.5. The SMILES string of the molecule is Cc1ccc(NS(=O)(=O)c2cc(C(=O)Nc3cccc(N(C)S(C)(=O)=O)c3)ccc2Cl)c(C)c1. The second kappa shape index (κ2) is 9.65. The normalized spacial score (nSPS) is 11.7. The lowest BCUT2D eigenvalue weighted by Crippen LogP contribution is -2.24. The number of anilines is 3. The minimum absolute atomic E-state index is 0.0365. The zero-order valence-electron chi connectivity index (χ0n) is 19.0. The van der Waals surface area contributed by atoms with E-state index in [0.29, 0.717) is 17.1 Å². The number of halogens is 1. The number of rotatable bonds is 7. The van der Waals surface area contributed by atoms with Crippen LogP contribution in [0.2, 0.25) is 5.02 Å². The molecule has 0 aromatic heterocycles. The molecule has 0 aliphatic rings. The van der Waals surface area contributed by atoms with Crippen molar-refractivity contribution in [1.29, 1.82) is 0 Å². The Morgan fingerprint density at radius 1 is 0.941 bits per heavy atom. The van der Waals surface area contributed by atoms with E-state index in [4.69, 9.17) is 11.6 Å². The van der Waals surface area contributed by atoms with E-state index in [1.165, 1.54) is 31.3 Å². The second-order valence-corrected chi connectivity index (χ2v) is 11.9. The van der Waals surface area contributed by atoms with E-state index >= 15 is 0 Å². The van der Waals surface area contributed by atoms with Crippen LogP contribution in [-0.4, -0.2) is 36.0 Å². The van der Waals surface area contributed by atoms with E-state index in [2.05, 4.69) is 10.0 Å². The Bertz CT molecular complexity index is 1470. The number of hydrogen-bond donors (Lipinski definition) is 2. The fourth-order valence-corrected chi connectivity index (χ4v) is 5.31. The average Bonchev–Trinajstić information content (AvgIpc) is 2.74. The summed E-state index contributed by atoms with van der Waals surface area (Å²) in [7, 11) is -6.16. The van der Waals surface area contributed by atoms with Crippen LogP contribution < -0.4 is 14.3 Å². The van der Waals surface area contributed by atoms with Crippen LogP contribution in [-0.2, 0) is 20.0 Å². The maximum atomic E-state index is 13.0. The molecule has 0 unspecified atom stereocenters. The first-order valence-electron chi connectivity index (χ1n) is 10.0. The molecule has 3 aromatic rings. The quantitative estimate of drug-likeness (QED) is 0.478. The fraction of sp³-hybridized carbons (Fsp3) is 0.174. The van der Waals surface area contributed by atoms with Gasteiger partial charge in [-0.05, 0) is 61.9 Å². The molecule has 0 fully saturated rings. The first kappa shape index (κ1) is 25.5. The maximum Gasteiger partial charge on any atom is 0.263 e. The molecule has 0 bridgehead atoms. The van der Waals surface area contributed by atoms with Crippen molar-refractivity contribution in [2.24, 2.45) is 0 Å². The smallest absolute Gasteiger partial charge is 0.263 e. The van der Waals surface area contributed by atoms with Gasteiger partial charge in [-0.15, -0.1) is 0 Å². The Labute approximate surface area is 204 Å². The molecule has 0 heterocycles. The second-order valence-electron chi connectivity index (χ2n) is 7.80. The summed E-state index contributed by atoms with van der Waals surface area (Å²) in [5.41, 5.74) is 2.90. The topological polar surface area (TPSA) is 113 Å². The molecule has 0 saturated heterocycles. The van der Waals surface area contributed by atoms with E-state index in [0.717, 1.165) is 21.7 Å². The summed E-state index contributed by atoms with van der Waals surface area (Å²) in [5, 5.41) is 2.61. The first-order valence-corrected chi connectivity index (χ1v) is 13.7. The van der Waals surface area contributed by atoms with Crippen LogP contribution in [0.3, 0.4) is 0 Å². The van der Waals surface area contributed by atoms with Crippen molar-refractivity contribution in [3.63, 3.8) is 0 Å². The van der Waals surface area contributed by atoms with Gasteiger partial charge in [0.05, 0.1) is 22.7 Å². The van der Waals surface area contributed by atoms with E-state index in [9.17, 15) is 21.6 Å². The Morgan fingerprint density at radius 3 is 2.29 bits per heavy atom. The zero-order valence-corrected chi connectivity index (χ0v) is 21.3. The van der Waals surface area contributed by atoms with Crippen LogP contribution in [0, 0.1) is 13.8 Å². The highest BCUT2D eigenvalue weighted by Gasteiger charge is 2.21. The van der Waals surface area contributed by atoms with Gasteiger partial charge in [-0.25, -0.2) is 16.8 Å². The minimum atomic E-state index is -4.08. The molecule has 0 atom stereocenters. The molecule has 3 rings (SSSR count). The number of hydrogen-bond acceptors (Lipinski definition) is 5. The number of sulfonamides is 2. The molecule has 8 nitrogen and oxygen atoms in total. The van der Waals surface area contributed by atoms with E-state index in [-0.39, 0.29) is 15.5 Å². The van der Waals surface area contributed by atoms with Gasteiger partial charge in [0.25, 0.3) is 15.9 Å². The van der Waals surface area contributed by atoms with E-state index in [1.807, 2.05) is 13.0 Å². The molecular formula is C23H24ClN3O5S2. The average molecular weight is 522 g/mol. The first-order chi connectivity index (χ1) is 15.8. The Morgan fingerprint density at radius 2 is 1.65 bits per heavy atom. The van der Waals surface area contributed by atoms with E-state index in [1.54, 1.807) is 37.3 Å². The number of carbonyl (C=O) groups is 1. The van der Waals surface area contributed by atoms with Gasteiger partial charge < -0.3 is 5.32 Å². The van der Waals surface area contributed by atoms with Crippen LogP contribution in [0.1, 0.15) is 21.5 Å². The molecule has 0 spiro atoms. The summed E-state index contributed by atoms with van der Waals surface area (Å²) < 4.78 is 53.2. The number of carbonyl (C=O) groups excluding carboxylic acids is 1. The van der Waals surface area contributed by atoms with Crippen LogP contribution in [0.25, 0.3) is 0 Å². The summed E-state index contributed by atoms with van der Waals surface area (Å²) >= 11 is 6.16. The van der Waals surface area contributed by atoms with Crippen molar-refractivity contribution in [2.75, 3.05) is 27.6 Å². The lowest BCUT2D eigenvalue weighted by molar-refractivity contribution is 0.102. The Kier molecular flexibility index (Phi) is 7.25. The van der Waals surface area contributed by atoms with Crippen molar-refractivity contribution in [3.8, 4) is 0 Å². The summed E-state index contributed by atoms with van der Waals surface area (Å²) in [6.45, 7) is 3.69. The monoisotopic (exact) mass is 521 g/mol. The molecule has 0 aliphatic carbocycles. The molecule has 2 N–H and O–H groups in total. The molecule has 3 aromatic carbocycles. The molecule has 1 amide bonds. The number of aryl methyl sites for hydroxylation is 2. The number of nitrogens with one attached hydrogen (secondary N) is 2. The minimum Gasteiger partial charge on any atom is -0.322 e. The van der Waals surface area contributed by atoms with Crippen LogP contribution >= 0.6 is 11.6 Å². The van der Waals surface area contributed by atoms with Crippen molar-refractivity contribution >= 4 is 54.6 Å². The van der Waals surface area contributed by atoms with Crippen molar-refractivity contribution < 1.29 is 21.6 Å². The van der Waals surface area contributed by atoms with Crippen LogP contribution in [0.15, 0.2) is 65.6 Å². The molecular weight excluding hydrogens is 498 g/mol. The van der Waals surface area contributed by atoms with Crippen LogP contribution in [0.4, 0.5) is 17.1 Å². The predicted molar refractivity (Wildman–Crippen MR) is 136 cm³/mol. The summed E-state index contributed by atoms with van der Waals surface area (Å²) in [4.78, 5) is 12.6. The van der Waals surface area contributed by atoms with Gasteiger partial charge >= 0.3 is 0 Å². The zero-order chi connectivity index (χ0) is 25.3. The Hall–Kier alpha value is -3.08. The number of nitrogens with zero attached hydrogens (tertiary/aromatic N) is 1. The van der Waals surface area contributed by atoms with Gasteiger partial charge in [-0.2, -0.15) is 0 Å². The van der Waals surface area contributed by atoms with E-state index < -0.39 is 26.0 Å². The third-order valence-electron chi connectivity index (χ3n) is 5.07. The summed E-state index contributed by atoms with van der Waals surface area (Å²) in [6.07, 6.45) is 1.07. The summed E-state index contributed by atoms with van der Waals surface area (Å²) in [5.74, 6) is -0.584. The predicted octanol–water partition coefficient (Wildman–Crippen LogP) is 4.41. The van der Waals surface area contributed by atoms with Gasteiger partial charge in [0.15, 0.2) is 0 Å².